The maximum atomic E-state index is 12.6. The highest BCUT2D eigenvalue weighted by atomic mass is 32.2. The van der Waals surface area contributed by atoms with Crippen LogP contribution >= 0.6 is 0 Å². The molecule has 0 saturated heterocycles. The lowest BCUT2D eigenvalue weighted by Gasteiger charge is -2.16. The number of nitrogens with zero attached hydrogens (tertiary/aromatic N) is 1. The highest BCUT2D eigenvalue weighted by Gasteiger charge is 2.25. The third-order valence-electron chi connectivity index (χ3n) is 4.58. The highest BCUT2D eigenvalue weighted by Crippen LogP contribution is 2.30. The highest BCUT2D eigenvalue weighted by molar-refractivity contribution is 7.89. The van der Waals surface area contributed by atoms with Crippen LogP contribution in [0, 0.1) is 0 Å². The van der Waals surface area contributed by atoms with Crippen molar-refractivity contribution in [3.8, 4) is 11.5 Å². The number of fused-ring (bicyclic) bond motifs is 1. The van der Waals surface area contributed by atoms with E-state index in [-0.39, 0.29) is 24.0 Å². The van der Waals surface area contributed by atoms with Gasteiger partial charge in [-0.2, -0.15) is 0 Å². The second kappa shape index (κ2) is 8.62. The largest absolute Gasteiger partial charge is 0.493 e. The second-order valence-corrected chi connectivity index (χ2v) is 8.10. The van der Waals surface area contributed by atoms with Gasteiger partial charge in [0.15, 0.2) is 11.5 Å². The van der Waals surface area contributed by atoms with E-state index in [1.165, 1.54) is 6.07 Å². The molecule has 7 nitrogen and oxygen atoms in total. The molecule has 0 atom stereocenters. The number of anilines is 1. The predicted molar refractivity (Wildman–Crippen MR) is 106 cm³/mol. The number of carbonyl (C=O) groups is 1. The third kappa shape index (κ3) is 4.28. The first-order valence-corrected chi connectivity index (χ1v) is 10.6. The van der Waals surface area contributed by atoms with Gasteiger partial charge in [0.05, 0.1) is 12.0 Å². The summed E-state index contributed by atoms with van der Waals surface area (Å²) in [6.07, 6.45) is 1.08. The Morgan fingerprint density at radius 2 is 1.93 bits per heavy atom. The topological polar surface area (TPSA) is 84.9 Å². The number of hydrogen-bond donors (Lipinski definition) is 1. The molecule has 28 heavy (non-hydrogen) atoms. The van der Waals surface area contributed by atoms with Crippen molar-refractivity contribution < 1.29 is 22.7 Å². The number of carbonyl (C=O) groups excluding carboxylic acids is 1. The van der Waals surface area contributed by atoms with Crippen LogP contribution in [0.15, 0.2) is 47.4 Å². The molecule has 0 bridgehead atoms. The van der Waals surface area contributed by atoms with Crippen LogP contribution in [0.3, 0.4) is 0 Å². The van der Waals surface area contributed by atoms with E-state index >= 15 is 0 Å². The van der Waals surface area contributed by atoms with Crippen molar-refractivity contribution in [2.45, 2.75) is 24.7 Å². The lowest BCUT2D eigenvalue weighted by molar-refractivity contribution is -0.118. The van der Waals surface area contributed by atoms with E-state index in [4.69, 9.17) is 9.47 Å². The van der Waals surface area contributed by atoms with Crippen LogP contribution in [0.1, 0.15) is 18.9 Å². The zero-order valence-corrected chi connectivity index (χ0v) is 16.8. The summed E-state index contributed by atoms with van der Waals surface area (Å²) < 4.78 is 38.5. The van der Waals surface area contributed by atoms with Crippen LogP contribution in [-0.4, -0.2) is 41.1 Å². The Bertz CT molecular complexity index is 959. The smallest absolute Gasteiger partial charge is 0.240 e. The van der Waals surface area contributed by atoms with E-state index in [1.807, 2.05) is 19.1 Å². The van der Waals surface area contributed by atoms with E-state index in [9.17, 15) is 13.2 Å². The van der Waals surface area contributed by atoms with Crippen molar-refractivity contribution in [2.24, 2.45) is 0 Å². The third-order valence-corrected chi connectivity index (χ3v) is 6.04. The zero-order chi connectivity index (χ0) is 20.1. The molecule has 0 spiro atoms. The average Bonchev–Trinajstić information content (AvgIpc) is 3.14. The molecule has 1 heterocycles. The first-order valence-electron chi connectivity index (χ1n) is 9.15. The van der Waals surface area contributed by atoms with Gasteiger partial charge in [-0.05, 0) is 42.3 Å². The van der Waals surface area contributed by atoms with E-state index in [1.54, 1.807) is 36.3 Å². The monoisotopic (exact) mass is 404 g/mol. The van der Waals surface area contributed by atoms with Crippen LogP contribution in [0.2, 0.25) is 0 Å². The molecule has 8 heteroatoms. The number of amides is 1. The molecule has 1 N–H and O–H groups in total. The molecule has 3 rings (SSSR count). The normalized spacial score (nSPS) is 13.3. The molecule has 150 valence electrons. The number of methoxy groups -OCH3 is 1. The number of rotatable bonds is 8. The maximum Gasteiger partial charge on any atom is 0.240 e. The molecule has 0 aromatic heterocycles. The van der Waals surface area contributed by atoms with Crippen molar-refractivity contribution in [1.82, 2.24) is 4.72 Å². The van der Waals surface area contributed by atoms with Gasteiger partial charge < -0.3 is 14.4 Å². The van der Waals surface area contributed by atoms with Crippen LogP contribution < -0.4 is 19.1 Å². The van der Waals surface area contributed by atoms with Crippen molar-refractivity contribution in [3.63, 3.8) is 0 Å². The van der Waals surface area contributed by atoms with Gasteiger partial charge in [0, 0.05) is 25.2 Å². The molecular weight excluding hydrogens is 380 g/mol. The first kappa shape index (κ1) is 20.2. The summed E-state index contributed by atoms with van der Waals surface area (Å²) >= 11 is 0. The van der Waals surface area contributed by atoms with Gasteiger partial charge in [-0.3, -0.25) is 4.79 Å². The van der Waals surface area contributed by atoms with Crippen molar-refractivity contribution in [2.75, 3.05) is 31.7 Å². The van der Waals surface area contributed by atoms with Gasteiger partial charge in [0.1, 0.15) is 6.61 Å². The molecule has 0 saturated carbocycles. The van der Waals surface area contributed by atoms with Gasteiger partial charge in [0.2, 0.25) is 15.9 Å². The Morgan fingerprint density at radius 3 is 2.64 bits per heavy atom. The van der Waals surface area contributed by atoms with E-state index < -0.39 is 10.0 Å². The van der Waals surface area contributed by atoms with Crippen molar-refractivity contribution >= 4 is 21.6 Å². The van der Waals surface area contributed by atoms with Crippen LogP contribution in [0.4, 0.5) is 5.69 Å². The minimum absolute atomic E-state index is 0.0426. The SMILES string of the molecule is CCC(=O)N1CCc2cc(S(=O)(=O)NCCOc3ccccc3OC)ccc21. The summed E-state index contributed by atoms with van der Waals surface area (Å²) in [7, 11) is -2.11. The molecule has 0 unspecified atom stereocenters. The number of ether oxygens (including phenoxy) is 2. The van der Waals surface area contributed by atoms with E-state index in [0.29, 0.717) is 30.9 Å². The van der Waals surface area contributed by atoms with E-state index in [2.05, 4.69) is 4.72 Å². The fraction of sp³-hybridized carbons (Fsp3) is 0.350. The molecule has 0 radical (unpaired) electrons. The van der Waals surface area contributed by atoms with Crippen molar-refractivity contribution in [1.29, 1.82) is 0 Å². The lowest BCUT2D eigenvalue weighted by Crippen LogP contribution is -2.29. The minimum Gasteiger partial charge on any atom is -0.493 e. The predicted octanol–water partition coefficient (Wildman–Crippen LogP) is 2.35. The molecule has 2 aromatic rings. The van der Waals surface area contributed by atoms with Gasteiger partial charge in [0.25, 0.3) is 0 Å². The summed E-state index contributed by atoms with van der Waals surface area (Å²) in [6.45, 7) is 2.70. The summed E-state index contributed by atoms with van der Waals surface area (Å²) in [6, 6.07) is 12.1. The van der Waals surface area contributed by atoms with Crippen LogP contribution in [0.25, 0.3) is 0 Å². The molecular formula is C20H24N2O5S. The average molecular weight is 404 g/mol. The van der Waals surface area contributed by atoms with Crippen molar-refractivity contribution in [3.05, 3.63) is 48.0 Å². The maximum absolute atomic E-state index is 12.6. The van der Waals surface area contributed by atoms with Crippen LogP contribution in [0.5, 0.6) is 11.5 Å². The van der Waals surface area contributed by atoms with Gasteiger partial charge in [-0.1, -0.05) is 19.1 Å². The molecule has 0 aliphatic carbocycles. The minimum atomic E-state index is -3.66. The Labute approximate surface area is 165 Å². The quantitative estimate of drug-likeness (QED) is 0.683. The second-order valence-electron chi connectivity index (χ2n) is 6.34. The Balaban J connectivity index is 1.62. The molecule has 1 amide bonds. The molecule has 1 aliphatic heterocycles. The fourth-order valence-corrected chi connectivity index (χ4v) is 4.22. The van der Waals surface area contributed by atoms with Crippen LogP contribution in [-0.2, 0) is 21.2 Å². The van der Waals surface area contributed by atoms with Gasteiger partial charge in [-0.15, -0.1) is 0 Å². The summed E-state index contributed by atoms with van der Waals surface area (Å²) in [5, 5.41) is 0. The fourth-order valence-electron chi connectivity index (χ4n) is 3.15. The van der Waals surface area contributed by atoms with E-state index in [0.717, 1.165) is 11.3 Å². The lowest BCUT2D eigenvalue weighted by atomic mass is 10.2. The summed E-state index contributed by atoms with van der Waals surface area (Å²) in [4.78, 5) is 13.9. The molecule has 0 fully saturated rings. The number of benzene rings is 2. The zero-order valence-electron chi connectivity index (χ0n) is 16.0. The Morgan fingerprint density at radius 1 is 1.18 bits per heavy atom. The number of hydrogen-bond acceptors (Lipinski definition) is 5. The summed E-state index contributed by atoms with van der Waals surface area (Å²) in [5.41, 5.74) is 1.67. The standard InChI is InChI=1S/C20H24N2O5S/c1-3-20(23)22-12-10-15-14-16(8-9-17(15)22)28(24,25)21-11-13-27-19-7-5-4-6-18(19)26-2/h4-9,14,21H,3,10-13H2,1-2H3. The molecule has 1 aliphatic rings. The molecule has 2 aromatic carbocycles. The Hall–Kier alpha value is -2.58. The number of sulfonamides is 1. The number of para-hydroxylation sites is 2. The van der Waals surface area contributed by atoms with Gasteiger partial charge >= 0.3 is 0 Å². The Kier molecular flexibility index (Phi) is 6.21. The summed E-state index contributed by atoms with van der Waals surface area (Å²) in [5.74, 6) is 1.19. The van der Waals surface area contributed by atoms with Gasteiger partial charge in [-0.25, -0.2) is 13.1 Å². The first-order chi connectivity index (χ1) is 13.5. The number of nitrogens with one attached hydrogen (secondary N) is 1.